The van der Waals surface area contributed by atoms with E-state index < -0.39 is 0 Å². The molecule has 0 bridgehead atoms. The van der Waals surface area contributed by atoms with E-state index >= 15 is 0 Å². The summed E-state index contributed by atoms with van der Waals surface area (Å²) in [7, 11) is 0. The molecule has 2 N–H and O–H groups in total. The van der Waals surface area contributed by atoms with E-state index in [2.05, 4.69) is 31.0 Å². The van der Waals surface area contributed by atoms with E-state index in [0.29, 0.717) is 11.8 Å². The Labute approximate surface area is 110 Å². The van der Waals surface area contributed by atoms with E-state index in [1.807, 2.05) is 6.20 Å². The molecular formula is C15H24N2O. The van der Waals surface area contributed by atoms with Crippen LogP contribution >= 0.6 is 0 Å². The maximum absolute atomic E-state index is 6.35. The van der Waals surface area contributed by atoms with Crippen molar-refractivity contribution in [3.05, 3.63) is 29.6 Å². The zero-order valence-corrected chi connectivity index (χ0v) is 11.4. The standard InChI is InChI=1S/C15H24N2O/c1-3-12-4-5-13(17-9-12)8-15(16)14-6-7-18-10-11(14)2/h4-5,9,11,14-15H,3,6-8,10,16H2,1-2H3. The summed E-state index contributed by atoms with van der Waals surface area (Å²) in [5.74, 6) is 1.12. The number of hydrogen-bond donors (Lipinski definition) is 1. The summed E-state index contributed by atoms with van der Waals surface area (Å²) in [6.07, 6.45) is 4.96. The van der Waals surface area contributed by atoms with Gasteiger partial charge in [0.2, 0.25) is 0 Å². The van der Waals surface area contributed by atoms with Crippen molar-refractivity contribution in [2.45, 2.75) is 39.2 Å². The fourth-order valence-electron chi connectivity index (χ4n) is 2.71. The van der Waals surface area contributed by atoms with Crippen LogP contribution in [0.3, 0.4) is 0 Å². The highest BCUT2D eigenvalue weighted by Crippen LogP contribution is 2.25. The molecule has 1 aromatic rings. The van der Waals surface area contributed by atoms with Gasteiger partial charge in [0.25, 0.3) is 0 Å². The van der Waals surface area contributed by atoms with Gasteiger partial charge in [-0.2, -0.15) is 0 Å². The molecular weight excluding hydrogens is 224 g/mol. The van der Waals surface area contributed by atoms with Gasteiger partial charge in [0.15, 0.2) is 0 Å². The minimum absolute atomic E-state index is 0.198. The summed E-state index contributed by atoms with van der Waals surface area (Å²) in [6.45, 7) is 6.08. The number of aromatic nitrogens is 1. The van der Waals surface area contributed by atoms with Crippen LogP contribution in [-0.4, -0.2) is 24.2 Å². The number of rotatable bonds is 4. The van der Waals surface area contributed by atoms with Crippen LogP contribution < -0.4 is 5.73 Å². The molecule has 3 unspecified atom stereocenters. The molecule has 0 spiro atoms. The highest BCUT2D eigenvalue weighted by atomic mass is 16.5. The van der Waals surface area contributed by atoms with Crippen molar-refractivity contribution < 1.29 is 4.74 Å². The van der Waals surface area contributed by atoms with E-state index in [1.54, 1.807) is 0 Å². The third kappa shape index (κ3) is 3.30. The quantitative estimate of drug-likeness (QED) is 0.888. The number of hydrogen-bond acceptors (Lipinski definition) is 3. The lowest BCUT2D eigenvalue weighted by molar-refractivity contribution is 0.0156. The first-order valence-corrected chi connectivity index (χ1v) is 6.97. The normalized spacial score (nSPS) is 25.9. The van der Waals surface area contributed by atoms with Crippen molar-refractivity contribution in [1.29, 1.82) is 0 Å². The van der Waals surface area contributed by atoms with Gasteiger partial charge in [-0.1, -0.05) is 19.9 Å². The predicted molar refractivity (Wildman–Crippen MR) is 73.4 cm³/mol. The second-order valence-electron chi connectivity index (χ2n) is 5.38. The molecule has 1 aliphatic rings. The molecule has 1 saturated heterocycles. The van der Waals surface area contributed by atoms with Gasteiger partial charge < -0.3 is 10.5 Å². The van der Waals surface area contributed by atoms with Crippen molar-refractivity contribution in [2.24, 2.45) is 17.6 Å². The van der Waals surface area contributed by atoms with E-state index in [9.17, 15) is 0 Å². The molecule has 0 aromatic carbocycles. The molecule has 3 atom stereocenters. The first-order valence-electron chi connectivity index (χ1n) is 6.97. The van der Waals surface area contributed by atoms with E-state index in [-0.39, 0.29) is 6.04 Å². The Kier molecular flexibility index (Phi) is 4.72. The third-order valence-corrected chi connectivity index (χ3v) is 4.00. The average molecular weight is 248 g/mol. The van der Waals surface area contributed by atoms with Gasteiger partial charge in [0.05, 0.1) is 0 Å². The minimum Gasteiger partial charge on any atom is -0.381 e. The monoisotopic (exact) mass is 248 g/mol. The fraction of sp³-hybridized carbons (Fsp3) is 0.667. The first-order chi connectivity index (χ1) is 8.70. The van der Waals surface area contributed by atoms with Gasteiger partial charge in [-0.15, -0.1) is 0 Å². The molecule has 1 aliphatic heterocycles. The summed E-state index contributed by atoms with van der Waals surface area (Å²) in [5, 5.41) is 0. The molecule has 2 heterocycles. The summed E-state index contributed by atoms with van der Waals surface area (Å²) in [5.41, 5.74) is 8.74. The van der Waals surface area contributed by atoms with Crippen molar-refractivity contribution >= 4 is 0 Å². The van der Waals surface area contributed by atoms with Gasteiger partial charge in [-0.3, -0.25) is 4.98 Å². The smallest absolute Gasteiger partial charge is 0.0494 e. The number of ether oxygens (including phenoxy) is 1. The second kappa shape index (κ2) is 6.30. The lowest BCUT2D eigenvalue weighted by atomic mass is 9.82. The molecule has 2 rings (SSSR count). The van der Waals surface area contributed by atoms with E-state index in [1.165, 1.54) is 5.56 Å². The van der Waals surface area contributed by atoms with Crippen LogP contribution in [-0.2, 0) is 17.6 Å². The maximum Gasteiger partial charge on any atom is 0.0494 e. The molecule has 1 aromatic heterocycles. The number of pyridine rings is 1. The summed E-state index contributed by atoms with van der Waals surface area (Å²) in [6, 6.07) is 4.47. The fourth-order valence-corrected chi connectivity index (χ4v) is 2.71. The Balaban J connectivity index is 1.94. The zero-order chi connectivity index (χ0) is 13.0. The molecule has 0 radical (unpaired) electrons. The molecule has 1 fully saturated rings. The Hall–Kier alpha value is -0.930. The molecule has 3 nitrogen and oxygen atoms in total. The molecule has 3 heteroatoms. The van der Waals surface area contributed by atoms with Crippen LogP contribution in [0, 0.1) is 11.8 Å². The van der Waals surface area contributed by atoms with Gasteiger partial charge in [0.1, 0.15) is 0 Å². The summed E-state index contributed by atoms with van der Waals surface area (Å²) < 4.78 is 5.47. The largest absolute Gasteiger partial charge is 0.381 e. The highest BCUT2D eigenvalue weighted by molar-refractivity contribution is 5.14. The van der Waals surface area contributed by atoms with Crippen LogP contribution in [0.2, 0.25) is 0 Å². The number of aryl methyl sites for hydroxylation is 1. The zero-order valence-electron chi connectivity index (χ0n) is 11.4. The molecule has 18 heavy (non-hydrogen) atoms. The van der Waals surface area contributed by atoms with Crippen molar-refractivity contribution in [2.75, 3.05) is 13.2 Å². The molecule has 0 aliphatic carbocycles. The van der Waals surface area contributed by atoms with Gasteiger partial charge in [-0.25, -0.2) is 0 Å². The summed E-state index contributed by atoms with van der Waals surface area (Å²) >= 11 is 0. The first kappa shape index (κ1) is 13.5. The van der Waals surface area contributed by atoms with Gasteiger partial charge in [-0.05, 0) is 36.3 Å². The third-order valence-electron chi connectivity index (χ3n) is 4.00. The van der Waals surface area contributed by atoms with E-state index in [4.69, 9.17) is 10.5 Å². The van der Waals surface area contributed by atoms with E-state index in [0.717, 1.165) is 38.2 Å². The minimum atomic E-state index is 0.198. The molecule has 0 saturated carbocycles. The van der Waals surface area contributed by atoms with Crippen LogP contribution in [0.5, 0.6) is 0 Å². The van der Waals surface area contributed by atoms with Crippen molar-refractivity contribution in [3.63, 3.8) is 0 Å². The Bertz CT molecular complexity index is 363. The topological polar surface area (TPSA) is 48.1 Å². The van der Waals surface area contributed by atoms with Crippen LogP contribution in [0.1, 0.15) is 31.5 Å². The Morgan fingerprint density at radius 2 is 2.33 bits per heavy atom. The van der Waals surface area contributed by atoms with Gasteiger partial charge >= 0.3 is 0 Å². The van der Waals surface area contributed by atoms with Crippen LogP contribution in [0.25, 0.3) is 0 Å². The lowest BCUT2D eigenvalue weighted by Gasteiger charge is -2.33. The van der Waals surface area contributed by atoms with Crippen LogP contribution in [0.15, 0.2) is 18.3 Å². The summed E-state index contributed by atoms with van der Waals surface area (Å²) in [4.78, 5) is 4.50. The number of nitrogens with two attached hydrogens (primary N) is 1. The maximum atomic E-state index is 6.35. The molecule has 0 amide bonds. The predicted octanol–water partition coefficient (Wildman–Crippen LogP) is 2.19. The number of nitrogens with zero attached hydrogens (tertiary/aromatic N) is 1. The Morgan fingerprint density at radius 1 is 1.50 bits per heavy atom. The average Bonchev–Trinajstić information content (AvgIpc) is 2.40. The molecule has 100 valence electrons. The second-order valence-corrected chi connectivity index (χ2v) is 5.38. The van der Waals surface area contributed by atoms with Crippen molar-refractivity contribution in [1.82, 2.24) is 4.98 Å². The van der Waals surface area contributed by atoms with Gasteiger partial charge in [0, 0.05) is 37.6 Å². The van der Waals surface area contributed by atoms with Crippen molar-refractivity contribution in [3.8, 4) is 0 Å². The SMILES string of the molecule is CCc1ccc(CC(N)C2CCOCC2C)nc1. The highest BCUT2D eigenvalue weighted by Gasteiger charge is 2.27. The lowest BCUT2D eigenvalue weighted by Crippen LogP contribution is -2.41. The van der Waals surface area contributed by atoms with Crippen LogP contribution in [0.4, 0.5) is 0 Å². The Morgan fingerprint density at radius 3 is 2.94 bits per heavy atom.